The van der Waals surface area contributed by atoms with Crippen LogP contribution in [-0.4, -0.2) is 51.4 Å². The number of halogens is 2. The van der Waals surface area contributed by atoms with E-state index in [1.807, 2.05) is 18.5 Å². The van der Waals surface area contributed by atoms with Crippen molar-refractivity contribution in [3.63, 3.8) is 0 Å². The van der Waals surface area contributed by atoms with E-state index >= 15 is 0 Å². The van der Waals surface area contributed by atoms with Crippen LogP contribution in [0.3, 0.4) is 0 Å². The summed E-state index contributed by atoms with van der Waals surface area (Å²) in [4.78, 5) is 7.06. The number of hydrogen-bond donors (Lipinski definition) is 1. The highest BCUT2D eigenvalue weighted by molar-refractivity contribution is 14.0. The summed E-state index contributed by atoms with van der Waals surface area (Å²) in [6, 6.07) is 6.54. The molecule has 0 saturated carbocycles. The molecule has 2 atom stereocenters. The third-order valence-electron chi connectivity index (χ3n) is 5.17. The fraction of sp³-hybridized carbons (Fsp3) is 0.571. The van der Waals surface area contributed by atoms with Gasteiger partial charge in [0.05, 0.1) is 12.6 Å². The van der Waals surface area contributed by atoms with Gasteiger partial charge in [0.1, 0.15) is 24.3 Å². The second kappa shape index (κ2) is 11.6. The van der Waals surface area contributed by atoms with Gasteiger partial charge in [0.25, 0.3) is 0 Å². The molecule has 1 aliphatic heterocycles. The van der Waals surface area contributed by atoms with Gasteiger partial charge in [-0.1, -0.05) is 25.5 Å². The van der Waals surface area contributed by atoms with Gasteiger partial charge in [0.2, 0.25) is 0 Å². The van der Waals surface area contributed by atoms with Gasteiger partial charge < -0.3 is 19.5 Å². The highest BCUT2D eigenvalue weighted by atomic mass is 127. The molecule has 1 aromatic heterocycles. The van der Waals surface area contributed by atoms with Crippen molar-refractivity contribution in [2.24, 2.45) is 12.0 Å². The predicted molar refractivity (Wildman–Crippen MR) is 126 cm³/mol. The summed E-state index contributed by atoms with van der Waals surface area (Å²) in [6.45, 7) is 8.87. The molecule has 30 heavy (non-hydrogen) atoms. The van der Waals surface area contributed by atoms with Crippen molar-refractivity contribution in [3.05, 3.63) is 47.3 Å². The number of unbranched alkanes of at least 4 members (excludes halogenated alkanes) is 1. The SMILES string of the molecule is CCCCNC(=NCc1nnc(C)n1C)N1CC(C)OC(c2ccc(F)cc2)C1.I. The molecule has 3 rings (SSSR count). The third-order valence-corrected chi connectivity index (χ3v) is 5.17. The Labute approximate surface area is 195 Å². The van der Waals surface area contributed by atoms with Gasteiger partial charge in [-0.3, -0.25) is 0 Å². The molecular weight excluding hydrogens is 498 g/mol. The van der Waals surface area contributed by atoms with E-state index < -0.39 is 0 Å². The molecule has 0 radical (unpaired) electrons. The summed E-state index contributed by atoms with van der Waals surface area (Å²) in [6.07, 6.45) is 2.09. The molecule has 9 heteroatoms. The lowest BCUT2D eigenvalue weighted by atomic mass is 10.1. The summed E-state index contributed by atoms with van der Waals surface area (Å²) in [5.41, 5.74) is 0.972. The maximum atomic E-state index is 13.3. The summed E-state index contributed by atoms with van der Waals surface area (Å²) in [7, 11) is 1.95. The summed E-state index contributed by atoms with van der Waals surface area (Å²) >= 11 is 0. The van der Waals surface area contributed by atoms with Gasteiger partial charge in [-0.05, 0) is 38.0 Å². The van der Waals surface area contributed by atoms with Crippen molar-refractivity contribution < 1.29 is 9.13 Å². The van der Waals surface area contributed by atoms with Crippen LogP contribution < -0.4 is 5.32 Å². The molecule has 1 aromatic carbocycles. The van der Waals surface area contributed by atoms with Crippen LogP contribution in [0.15, 0.2) is 29.3 Å². The molecule has 2 aromatic rings. The van der Waals surface area contributed by atoms with Crippen molar-refractivity contribution in [1.82, 2.24) is 25.0 Å². The van der Waals surface area contributed by atoms with Crippen LogP contribution in [0, 0.1) is 12.7 Å². The number of nitrogens with one attached hydrogen (secondary N) is 1. The Kier molecular flexibility index (Phi) is 9.47. The van der Waals surface area contributed by atoms with E-state index in [2.05, 4.69) is 34.3 Å². The number of aryl methyl sites for hydroxylation is 1. The number of benzene rings is 1. The van der Waals surface area contributed by atoms with Gasteiger partial charge in [0.15, 0.2) is 11.8 Å². The van der Waals surface area contributed by atoms with Crippen LogP contribution in [-0.2, 0) is 18.3 Å². The molecule has 166 valence electrons. The number of guanidine groups is 1. The lowest BCUT2D eigenvalue weighted by Gasteiger charge is -2.38. The van der Waals surface area contributed by atoms with Gasteiger partial charge in [0, 0.05) is 20.1 Å². The lowest BCUT2D eigenvalue weighted by molar-refractivity contribution is -0.0605. The first kappa shape index (κ1) is 24.5. The minimum Gasteiger partial charge on any atom is -0.367 e. The van der Waals surface area contributed by atoms with Crippen LogP contribution in [0.2, 0.25) is 0 Å². The molecule has 0 spiro atoms. The molecule has 2 unspecified atom stereocenters. The van der Waals surface area contributed by atoms with Crippen LogP contribution >= 0.6 is 24.0 Å². The summed E-state index contributed by atoms with van der Waals surface area (Å²) in [5, 5.41) is 11.8. The van der Waals surface area contributed by atoms with E-state index in [-0.39, 0.29) is 42.0 Å². The maximum absolute atomic E-state index is 13.3. The fourth-order valence-electron chi connectivity index (χ4n) is 3.36. The third kappa shape index (κ3) is 6.37. The van der Waals surface area contributed by atoms with Crippen molar-refractivity contribution in [3.8, 4) is 0 Å². The molecule has 1 saturated heterocycles. The van der Waals surface area contributed by atoms with Crippen molar-refractivity contribution in [1.29, 1.82) is 0 Å². The Morgan fingerprint density at radius 1 is 1.27 bits per heavy atom. The molecular formula is C21H32FIN6O. The van der Waals surface area contributed by atoms with Gasteiger partial charge >= 0.3 is 0 Å². The largest absolute Gasteiger partial charge is 0.367 e. The highest BCUT2D eigenvalue weighted by Gasteiger charge is 2.28. The van der Waals surface area contributed by atoms with E-state index in [9.17, 15) is 4.39 Å². The Bertz CT molecular complexity index is 825. The van der Waals surface area contributed by atoms with E-state index in [4.69, 9.17) is 9.73 Å². The van der Waals surface area contributed by atoms with E-state index in [0.29, 0.717) is 13.1 Å². The van der Waals surface area contributed by atoms with E-state index in [1.165, 1.54) is 12.1 Å². The number of hydrogen-bond acceptors (Lipinski definition) is 4. The zero-order valence-electron chi connectivity index (χ0n) is 18.1. The quantitative estimate of drug-likeness (QED) is 0.268. The predicted octanol–water partition coefficient (Wildman–Crippen LogP) is 3.59. The first-order chi connectivity index (χ1) is 14.0. The zero-order valence-corrected chi connectivity index (χ0v) is 20.5. The molecule has 2 heterocycles. The zero-order chi connectivity index (χ0) is 20.8. The van der Waals surface area contributed by atoms with E-state index in [1.54, 1.807) is 12.1 Å². The van der Waals surface area contributed by atoms with Crippen LogP contribution in [0.1, 0.15) is 50.0 Å². The van der Waals surface area contributed by atoms with Gasteiger partial charge in [-0.25, -0.2) is 9.38 Å². The van der Waals surface area contributed by atoms with Gasteiger partial charge in [-0.15, -0.1) is 34.2 Å². The molecule has 7 nitrogen and oxygen atoms in total. The second-order valence-electron chi connectivity index (χ2n) is 7.53. The number of nitrogens with zero attached hydrogens (tertiary/aromatic N) is 5. The average Bonchev–Trinajstić information content (AvgIpc) is 3.03. The van der Waals surface area contributed by atoms with Crippen molar-refractivity contribution >= 4 is 29.9 Å². The number of aliphatic imine (C=N–C) groups is 1. The number of morpholine rings is 1. The molecule has 1 N–H and O–H groups in total. The Balaban J connectivity index is 0.00000320. The second-order valence-corrected chi connectivity index (χ2v) is 7.53. The molecule has 0 amide bonds. The maximum Gasteiger partial charge on any atom is 0.194 e. The summed E-state index contributed by atoms with van der Waals surface area (Å²) < 4.78 is 21.4. The molecule has 0 aliphatic carbocycles. The Hall–Kier alpha value is -1.75. The topological polar surface area (TPSA) is 67.6 Å². The van der Waals surface area contributed by atoms with Gasteiger partial charge in [-0.2, -0.15) is 0 Å². The highest BCUT2D eigenvalue weighted by Crippen LogP contribution is 2.25. The Morgan fingerprint density at radius 3 is 2.63 bits per heavy atom. The fourth-order valence-corrected chi connectivity index (χ4v) is 3.36. The first-order valence-electron chi connectivity index (χ1n) is 10.3. The first-order valence-corrected chi connectivity index (χ1v) is 10.3. The van der Waals surface area contributed by atoms with Crippen molar-refractivity contribution in [2.45, 2.75) is 52.4 Å². The summed E-state index contributed by atoms with van der Waals surface area (Å²) in [5.74, 6) is 2.30. The monoisotopic (exact) mass is 530 g/mol. The van der Waals surface area contributed by atoms with Crippen molar-refractivity contribution in [2.75, 3.05) is 19.6 Å². The molecule has 0 bridgehead atoms. The van der Waals surface area contributed by atoms with Crippen LogP contribution in [0.5, 0.6) is 0 Å². The molecule has 1 aliphatic rings. The number of aromatic nitrogens is 3. The normalized spacial score (nSPS) is 19.5. The van der Waals surface area contributed by atoms with E-state index in [0.717, 1.165) is 49.1 Å². The minimum absolute atomic E-state index is 0. The average molecular weight is 530 g/mol. The minimum atomic E-state index is -0.239. The number of ether oxygens (including phenoxy) is 1. The Morgan fingerprint density at radius 2 is 2.00 bits per heavy atom. The number of rotatable bonds is 6. The smallest absolute Gasteiger partial charge is 0.194 e. The van der Waals surface area contributed by atoms with Crippen LogP contribution in [0.4, 0.5) is 4.39 Å². The lowest BCUT2D eigenvalue weighted by Crippen LogP contribution is -2.51. The standard InChI is InChI=1S/C21H31FN6O.HI/c1-5-6-11-23-21(24-12-20-26-25-16(3)27(20)4)28-13-15(2)29-19(14-28)17-7-9-18(22)10-8-17;/h7-10,15,19H,5-6,11-14H2,1-4H3,(H,23,24);1H. The molecule has 1 fully saturated rings. The van der Waals surface area contributed by atoms with Crippen LogP contribution in [0.25, 0.3) is 0 Å².